The third-order valence-electron chi connectivity index (χ3n) is 4.50. The topological polar surface area (TPSA) is 75.7 Å². The van der Waals surface area contributed by atoms with Gasteiger partial charge in [0, 0.05) is 16.8 Å². The number of anilines is 2. The third-order valence-corrected chi connectivity index (χ3v) is 6.79. The minimum atomic E-state index is -3.34. The maximum absolute atomic E-state index is 12.7. The largest absolute Gasteiger partial charge is 0.481 e. The van der Waals surface area contributed by atoms with Crippen LogP contribution in [0.4, 0.5) is 11.4 Å². The van der Waals surface area contributed by atoms with E-state index in [-0.39, 0.29) is 5.91 Å². The summed E-state index contributed by atoms with van der Waals surface area (Å²) in [6, 6.07) is 24.1. The standard InChI is InChI=1S/C23H24N2O4S2/c1-17(29-19-15-13-18(14-16-19)25(2)31(3,27)28)23(26)24-21-11-7-8-12-22(21)30-20-9-5-4-6-10-20/h4-17H,1-3H3,(H,24,26)/t17-/m0/s1. The quantitative estimate of drug-likeness (QED) is 0.534. The average molecular weight is 457 g/mol. The first-order valence-corrected chi connectivity index (χ1v) is 12.2. The van der Waals surface area contributed by atoms with E-state index in [1.165, 1.54) is 11.4 Å². The Balaban J connectivity index is 1.65. The highest BCUT2D eigenvalue weighted by molar-refractivity contribution is 7.99. The first kappa shape index (κ1) is 22.7. The van der Waals surface area contributed by atoms with Gasteiger partial charge >= 0.3 is 0 Å². The molecule has 0 saturated carbocycles. The van der Waals surface area contributed by atoms with Gasteiger partial charge in [0.15, 0.2) is 6.10 Å². The number of hydrogen-bond acceptors (Lipinski definition) is 5. The van der Waals surface area contributed by atoms with E-state index in [0.717, 1.165) is 16.0 Å². The van der Waals surface area contributed by atoms with Crippen molar-refractivity contribution in [3.63, 3.8) is 0 Å². The highest BCUT2D eigenvalue weighted by Crippen LogP contribution is 2.33. The first-order valence-electron chi connectivity index (χ1n) is 9.57. The summed E-state index contributed by atoms with van der Waals surface area (Å²) in [7, 11) is -1.86. The number of rotatable bonds is 8. The predicted molar refractivity (Wildman–Crippen MR) is 125 cm³/mol. The average Bonchev–Trinajstić information content (AvgIpc) is 2.75. The van der Waals surface area contributed by atoms with Crippen molar-refractivity contribution >= 4 is 39.1 Å². The normalized spacial score (nSPS) is 12.1. The molecule has 8 heteroatoms. The monoisotopic (exact) mass is 456 g/mol. The van der Waals surface area contributed by atoms with Crippen molar-refractivity contribution in [1.82, 2.24) is 0 Å². The van der Waals surface area contributed by atoms with E-state index < -0.39 is 16.1 Å². The Labute approximate surface area is 187 Å². The fourth-order valence-electron chi connectivity index (χ4n) is 2.69. The Kier molecular flexibility index (Phi) is 7.25. The predicted octanol–water partition coefficient (Wildman–Crippen LogP) is 4.64. The van der Waals surface area contributed by atoms with Gasteiger partial charge in [0.2, 0.25) is 10.0 Å². The van der Waals surface area contributed by atoms with E-state index in [2.05, 4.69) is 5.32 Å². The van der Waals surface area contributed by atoms with E-state index in [1.807, 2.05) is 54.6 Å². The van der Waals surface area contributed by atoms with Gasteiger partial charge in [-0.05, 0) is 55.5 Å². The molecule has 1 atom stereocenters. The maximum Gasteiger partial charge on any atom is 0.265 e. The van der Waals surface area contributed by atoms with E-state index in [1.54, 1.807) is 43.0 Å². The molecule has 3 aromatic carbocycles. The highest BCUT2D eigenvalue weighted by Gasteiger charge is 2.17. The van der Waals surface area contributed by atoms with Crippen LogP contribution in [0.15, 0.2) is 88.7 Å². The van der Waals surface area contributed by atoms with Crippen LogP contribution in [0.5, 0.6) is 5.75 Å². The molecular weight excluding hydrogens is 432 g/mol. The van der Waals surface area contributed by atoms with Crippen molar-refractivity contribution < 1.29 is 17.9 Å². The second-order valence-corrected chi connectivity index (χ2v) is 10.0. The van der Waals surface area contributed by atoms with E-state index in [0.29, 0.717) is 17.1 Å². The Bertz CT molecular complexity index is 1130. The van der Waals surface area contributed by atoms with Crippen LogP contribution >= 0.6 is 11.8 Å². The van der Waals surface area contributed by atoms with Gasteiger partial charge in [-0.15, -0.1) is 0 Å². The summed E-state index contributed by atoms with van der Waals surface area (Å²) in [5.74, 6) is 0.193. The van der Waals surface area contributed by atoms with Crippen LogP contribution in [0.3, 0.4) is 0 Å². The number of carbonyl (C=O) groups is 1. The number of para-hydroxylation sites is 1. The van der Waals surface area contributed by atoms with Gasteiger partial charge in [-0.1, -0.05) is 42.1 Å². The number of nitrogens with zero attached hydrogens (tertiary/aromatic N) is 1. The molecule has 0 saturated heterocycles. The van der Waals surface area contributed by atoms with Crippen LogP contribution in [0.2, 0.25) is 0 Å². The molecule has 1 amide bonds. The summed E-state index contributed by atoms with van der Waals surface area (Å²) < 4.78 is 30.2. The molecule has 3 rings (SSSR count). The SMILES string of the molecule is C[C@H](Oc1ccc(N(C)S(C)(=O)=O)cc1)C(=O)Nc1ccccc1Sc1ccccc1. The minimum absolute atomic E-state index is 0.279. The molecule has 31 heavy (non-hydrogen) atoms. The van der Waals surface area contributed by atoms with Crippen molar-refractivity contribution in [3.8, 4) is 5.75 Å². The zero-order valence-electron chi connectivity index (χ0n) is 17.5. The molecule has 3 aromatic rings. The lowest BCUT2D eigenvalue weighted by Crippen LogP contribution is -2.30. The van der Waals surface area contributed by atoms with Gasteiger partial charge in [-0.3, -0.25) is 9.10 Å². The summed E-state index contributed by atoms with van der Waals surface area (Å²) in [5, 5.41) is 2.93. The third kappa shape index (κ3) is 6.26. The van der Waals surface area contributed by atoms with Crippen LogP contribution in [0, 0.1) is 0 Å². The molecule has 0 radical (unpaired) electrons. The molecule has 0 fully saturated rings. The molecule has 0 aliphatic heterocycles. The van der Waals surface area contributed by atoms with Gasteiger partial charge in [0.1, 0.15) is 5.75 Å². The highest BCUT2D eigenvalue weighted by atomic mass is 32.2. The van der Waals surface area contributed by atoms with Crippen LogP contribution in [-0.4, -0.2) is 33.7 Å². The molecule has 0 aliphatic rings. The van der Waals surface area contributed by atoms with Crippen LogP contribution in [-0.2, 0) is 14.8 Å². The van der Waals surface area contributed by atoms with Gasteiger partial charge in [0.25, 0.3) is 5.91 Å². The molecule has 0 unspecified atom stereocenters. The van der Waals surface area contributed by atoms with Crippen LogP contribution in [0.25, 0.3) is 0 Å². The summed E-state index contributed by atoms with van der Waals surface area (Å²) >= 11 is 1.57. The number of nitrogens with one attached hydrogen (secondary N) is 1. The van der Waals surface area contributed by atoms with Crippen molar-refractivity contribution in [3.05, 3.63) is 78.9 Å². The number of carbonyl (C=O) groups excluding carboxylic acids is 1. The molecule has 1 N–H and O–H groups in total. The number of hydrogen-bond donors (Lipinski definition) is 1. The van der Waals surface area contributed by atoms with Gasteiger partial charge in [0.05, 0.1) is 17.6 Å². The zero-order valence-corrected chi connectivity index (χ0v) is 19.1. The van der Waals surface area contributed by atoms with Crippen LogP contribution < -0.4 is 14.4 Å². The number of ether oxygens (including phenoxy) is 1. The maximum atomic E-state index is 12.7. The fourth-order valence-corrected chi connectivity index (χ4v) is 4.12. The van der Waals surface area contributed by atoms with Crippen molar-refractivity contribution in [2.75, 3.05) is 22.9 Å². The Morgan fingerprint density at radius 2 is 1.58 bits per heavy atom. The summed E-state index contributed by atoms with van der Waals surface area (Å²) in [6.45, 7) is 1.67. The number of amides is 1. The zero-order chi connectivity index (χ0) is 22.4. The minimum Gasteiger partial charge on any atom is -0.481 e. The molecule has 0 aromatic heterocycles. The lowest BCUT2D eigenvalue weighted by molar-refractivity contribution is -0.122. The summed E-state index contributed by atoms with van der Waals surface area (Å²) in [4.78, 5) is 14.7. The number of benzene rings is 3. The molecule has 6 nitrogen and oxygen atoms in total. The molecular formula is C23H24N2O4S2. The lowest BCUT2D eigenvalue weighted by atomic mass is 10.2. The molecule has 0 aliphatic carbocycles. The lowest BCUT2D eigenvalue weighted by Gasteiger charge is -2.19. The molecule has 0 spiro atoms. The second-order valence-electron chi connectivity index (χ2n) is 6.88. The summed E-state index contributed by atoms with van der Waals surface area (Å²) in [5.41, 5.74) is 1.22. The van der Waals surface area contributed by atoms with Crippen LogP contribution in [0.1, 0.15) is 6.92 Å². The Morgan fingerprint density at radius 3 is 2.23 bits per heavy atom. The van der Waals surface area contributed by atoms with Crippen molar-refractivity contribution in [2.45, 2.75) is 22.8 Å². The molecule has 0 bridgehead atoms. The Hall–Kier alpha value is -2.97. The van der Waals surface area contributed by atoms with E-state index >= 15 is 0 Å². The van der Waals surface area contributed by atoms with Crippen molar-refractivity contribution in [1.29, 1.82) is 0 Å². The van der Waals surface area contributed by atoms with E-state index in [4.69, 9.17) is 4.74 Å². The summed E-state index contributed by atoms with van der Waals surface area (Å²) in [6.07, 6.45) is 0.394. The smallest absolute Gasteiger partial charge is 0.265 e. The number of sulfonamides is 1. The fraction of sp³-hybridized carbons (Fsp3) is 0.174. The molecule has 0 heterocycles. The van der Waals surface area contributed by atoms with Gasteiger partial charge < -0.3 is 10.1 Å². The second kappa shape index (κ2) is 9.89. The van der Waals surface area contributed by atoms with Gasteiger partial charge in [-0.25, -0.2) is 8.42 Å². The molecule has 162 valence electrons. The van der Waals surface area contributed by atoms with Crippen molar-refractivity contribution in [2.24, 2.45) is 0 Å². The van der Waals surface area contributed by atoms with Gasteiger partial charge in [-0.2, -0.15) is 0 Å². The first-order chi connectivity index (χ1) is 14.7. The van der Waals surface area contributed by atoms with E-state index in [9.17, 15) is 13.2 Å². The Morgan fingerprint density at radius 1 is 0.968 bits per heavy atom.